The third kappa shape index (κ3) is 2.75. The van der Waals surface area contributed by atoms with E-state index in [0.29, 0.717) is 32.2 Å². The SMILES string of the molecule is CSc1nc(SC)c2c3c(N)ncnc3n([C@@H]3O[C@H](CO)[C@@H](O)[C@H]3O)c2n1. The van der Waals surface area contributed by atoms with E-state index in [1.165, 1.54) is 29.9 Å². The minimum Gasteiger partial charge on any atom is -0.394 e. The standard InChI is InChI=1S/C15H18N6O4S2/c1-26-13-7-6-10(16)17-4-18-11(6)21(12(7)19-15(20-13)27-2)14-9(24)8(23)5(3-22)25-14/h4-5,8-9,14,22-24H,3H2,1-2H3,(H2,16,17,18)/t5-,8-,9-,14-/m1/s1. The minimum atomic E-state index is -1.28. The summed E-state index contributed by atoms with van der Waals surface area (Å²) in [6.07, 6.45) is 0.636. The summed E-state index contributed by atoms with van der Waals surface area (Å²) in [7, 11) is 0. The van der Waals surface area contributed by atoms with Crippen LogP contribution in [0.25, 0.3) is 22.1 Å². The Morgan fingerprint density at radius 3 is 2.52 bits per heavy atom. The zero-order valence-electron chi connectivity index (χ0n) is 14.5. The predicted octanol–water partition coefficient (Wildman–Crippen LogP) is 0.0120. The van der Waals surface area contributed by atoms with Gasteiger partial charge in [-0.2, -0.15) is 0 Å². The van der Waals surface area contributed by atoms with Crippen molar-refractivity contribution in [2.24, 2.45) is 0 Å². The highest BCUT2D eigenvalue weighted by molar-refractivity contribution is 7.99. The molecule has 4 atom stereocenters. The van der Waals surface area contributed by atoms with E-state index >= 15 is 0 Å². The highest BCUT2D eigenvalue weighted by Gasteiger charge is 2.45. The summed E-state index contributed by atoms with van der Waals surface area (Å²) in [5.41, 5.74) is 7.00. The number of fused-ring (bicyclic) bond motifs is 3. The normalized spacial score (nSPS) is 25.7. The molecular weight excluding hydrogens is 392 g/mol. The molecule has 27 heavy (non-hydrogen) atoms. The number of anilines is 1. The second kappa shape index (κ2) is 7.04. The molecule has 1 fully saturated rings. The monoisotopic (exact) mass is 410 g/mol. The number of nitrogens with zero attached hydrogens (tertiary/aromatic N) is 5. The minimum absolute atomic E-state index is 0.256. The molecule has 0 saturated carbocycles. The Hall–Kier alpha value is -1.70. The van der Waals surface area contributed by atoms with Crippen molar-refractivity contribution in [2.45, 2.75) is 34.7 Å². The van der Waals surface area contributed by atoms with Crippen LogP contribution >= 0.6 is 23.5 Å². The van der Waals surface area contributed by atoms with Crippen LogP contribution in [0.2, 0.25) is 0 Å². The van der Waals surface area contributed by atoms with E-state index in [1.807, 2.05) is 12.5 Å². The summed E-state index contributed by atoms with van der Waals surface area (Å²) in [6, 6.07) is 0. The van der Waals surface area contributed by atoms with Gasteiger partial charge < -0.3 is 25.8 Å². The fourth-order valence-corrected chi connectivity index (χ4v) is 4.28. The molecule has 3 aromatic rings. The number of hydrogen-bond donors (Lipinski definition) is 4. The molecule has 1 saturated heterocycles. The lowest BCUT2D eigenvalue weighted by Gasteiger charge is -2.18. The smallest absolute Gasteiger partial charge is 0.190 e. The van der Waals surface area contributed by atoms with Gasteiger partial charge in [0.1, 0.15) is 46.8 Å². The van der Waals surface area contributed by atoms with Gasteiger partial charge in [0.05, 0.1) is 17.4 Å². The molecule has 0 aliphatic carbocycles. The molecule has 1 aliphatic heterocycles. The highest BCUT2D eigenvalue weighted by atomic mass is 32.2. The van der Waals surface area contributed by atoms with E-state index in [0.717, 1.165) is 0 Å². The molecule has 12 heteroatoms. The quantitative estimate of drug-likeness (QED) is 0.261. The van der Waals surface area contributed by atoms with E-state index in [9.17, 15) is 15.3 Å². The van der Waals surface area contributed by atoms with E-state index in [1.54, 1.807) is 4.57 Å². The van der Waals surface area contributed by atoms with Crippen LogP contribution in [0, 0.1) is 0 Å². The van der Waals surface area contributed by atoms with E-state index in [-0.39, 0.29) is 5.82 Å². The first-order chi connectivity index (χ1) is 13.0. The topological polar surface area (TPSA) is 152 Å². The van der Waals surface area contributed by atoms with Crippen LogP contribution < -0.4 is 5.73 Å². The van der Waals surface area contributed by atoms with Gasteiger partial charge >= 0.3 is 0 Å². The number of ether oxygens (including phenoxy) is 1. The van der Waals surface area contributed by atoms with Crippen LogP contribution in [-0.2, 0) is 4.74 Å². The van der Waals surface area contributed by atoms with Gasteiger partial charge in [-0.05, 0) is 12.5 Å². The van der Waals surface area contributed by atoms with Gasteiger partial charge in [-0.25, -0.2) is 19.9 Å². The number of aliphatic hydroxyl groups excluding tert-OH is 3. The Kier molecular flexibility index (Phi) is 4.86. The van der Waals surface area contributed by atoms with E-state index in [2.05, 4.69) is 19.9 Å². The summed E-state index contributed by atoms with van der Waals surface area (Å²) in [5.74, 6) is 0.256. The maximum Gasteiger partial charge on any atom is 0.190 e. The Labute approximate surface area is 162 Å². The average molecular weight is 410 g/mol. The summed E-state index contributed by atoms with van der Waals surface area (Å²) in [4.78, 5) is 17.5. The third-order valence-corrected chi connectivity index (χ3v) is 5.78. The predicted molar refractivity (Wildman–Crippen MR) is 102 cm³/mol. The lowest BCUT2D eigenvalue weighted by molar-refractivity contribution is -0.0492. The van der Waals surface area contributed by atoms with Crippen LogP contribution in [0.4, 0.5) is 5.82 Å². The molecule has 4 heterocycles. The molecule has 0 spiro atoms. The Morgan fingerprint density at radius 1 is 1.11 bits per heavy atom. The zero-order valence-corrected chi connectivity index (χ0v) is 16.1. The molecule has 1 aliphatic rings. The Bertz CT molecular complexity index is 1020. The Balaban J connectivity index is 2.08. The molecule has 3 aromatic heterocycles. The van der Waals surface area contributed by atoms with Crippen molar-refractivity contribution >= 4 is 51.4 Å². The van der Waals surface area contributed by atoms with Crippen molar-refractivity contribution in [1.82, 2.24) is 24.5 Å². The van der Waals surface area contributed by atoms with Crippen molar-refractivity contribution in [3.05, 3.63) is 6.33 Å². The van der Waals surface area contributed by atoms with Crippen LogP contribution in [0.15, 0.2) is 16.5 Å². The molecule has 0 bridgehead atoms. The molecule has 4 rings (SSSR count). The fraction of sp³-hybridized carbons (Fsp3) is 0.467. The van der Waals surface area contributed by atoms with Gasteiger partial charge in [0, 0.05) is 0 Å². The number of thioether (sulfide) groups is 2. The fourth-order valence-electron chi connectivity index (χ4n) is 3.29. The number of hydrogen-bond acceptors (Lipinski definition) is 11. The molecule has 144 valence electrons. The van der Waals surface area contributed by atoms with Crippen molar-refractivity contribution < 1.29 is 20.1 Å². The maximum absolute atomic E-state index is 10.5. The number of nitrogens with two attached hydrogens (primary N) is 1. The largest absolute Gasteiger partial charge is 0.394 e. The zero-order chi connectivity index (χ0) is 19.3. The Morgan fingerprint density at radius 2 is 1.89 bits per heavy atom. The third-order valence-electron chi connectivity index (χ3n) is 4.55. The number of aromatic nitrogens is 5. The second-order valence-electron chi connectivity index (χ2n) is 5.97. The summed E-state index contributed by atoms with van der Waals surface area (Å²) in [5, 5.41) is 32.6. The molecule has 0 amide bonds. The summed E-state index contributed by atoms with van der Waals surface area (Å²) in [6.45, 7) is -0.426. The van der Waals surface area contributed by atoms with Gasteiger partial charge in [-0.15, -0.1) is 11.8 Å². The molecule has 0 aromatic carbocycles. The lowest BCUT2D eigenvalue weighted by Crippen LogP contribution is -2.33. The number of nitrogen functional groups attached to an aromatic ring is 1. The number of aliphatic hydroxyl groups is 3. The van der Waals surface area contributed by atoms with Crippen molar-refractivity contribution in [2.75, 3.05) is 24.9 Å². The van der Waals surface area contributed by atoms with Crippen LogP contribution in [0.5, 0.6) is 0 Å². The maximum atomic E-state index is 10.5. The average Bonchev–Trinajstić information content (AvgIpc) is 3.16. The van der Waals surface area contributed by atoms with Crippen LogP contribution in [0.3, 0.4) is 0 Å². The van der Waals surface area contributed by atoms with Crippen molar-refractivity contribution in [3.8, 4) is 0 Å². The van der Waals surface area contributed by atoms with Gasteiger partial charge in [0.2, 0.25) is 0 Å². The van der Waals surface area contributed by atoms with Crippen LogP contribution in [0.1, 0.15) is 6.23 Å². The molecular formula is C15H18N6O4S2. The molecule has 10 nitrogen and oxygen atoms in total. The van der Waals surface area contributed by atoms with Crippen molar-refractivity contribution in [3.63, 3.8) is 0 Å². The van der Waals surface area contributed by atoms with Gasteiger partial charge in [-0.1, -0.05) is 11.8 Å². The molecule has 0 radical (unpaired) electrons. The second-order valence-corrected chi connectivity index (χ2v) is 7.54. The van der Waals surface area contributed by atoms with E-state index < -0.39 is 31.1 Å². The summed E-state index contributed by atoms with van der Waals surface area (Å²) >= 11 is 2.81. The van der Waals surface area contributed by atoms with Gasteiger partial charge in [-0.3, -0.25) is 4.57 Å². The summed E-state index contributed by atoms with van der Waals surface area (Å²) < 4.78 is 7.31. The first-order valence-corrected chi connectivity index (χ1v) is 10.5. The first-order valence-electron chi connectivity index (χ1n) is 8.04. The molecule has 0 unspecified atom stereocenters. The van der Waals surface area contributed by atoms with Crippen molar-refractivity contribution in [1.29, 1.82) is 0 Å². The lowest BCUT2D eigenvalue weighted by atomic mass is 10.1. The van der Waals surface area contributed by atoms with Crippen LogP contribution in [-0.4, -0.2) is 77.3 Å². The molecule has 5 N–H and O–H groups in total. The van der Waals surface area contributed by atoms with Gasteiger partial charge in [0.25, 0.3) is 0 Å². The first kappa shape index (κ1) is 18.7. The highest BCUT2D eigenvalue weighted by Crippen LogP contribution is 2.40. The van der Waals surface area contributed by atoms with E-state index in [4.69, 9.17) is 10.5 Å². The number of rotatable bonds is 4. The van der Waals surface area contributed by atoms with Gasteiger partial charge in [0.15, 0.2) is 11.4 Å².